The fourth-order valence-electron chi connectivity index (χ4n) is 11.0. The molecule has 340 valence electrons. The quantitative estimate of drug-likeness (QED) is 0.160. The van der Waals surface area contributed by atoms with Crippen molar-refractivity contribution in [3.05, 3.63) is 116 Å². The van der Waals surface area contributed by atoms with Crippen LogP contribution in [0, 0.1) is 31.4 Å². The lowest BCUT2D eigenvalue weighted by Crippen LogP contribution is -2.42. The van der Waals surface area contributed by atoms with Crippen molar-refractivity contribution in [3.63, 3.8) is 0 Å². The predicted octanol–water partition coefficient (Wildman–Crippen LogP) is 7.47. The number of amides is 4. The summed E-state index contributed by atoms with van der Waals surface area (Å²) in [4.78, 5) is 63.6. The van der Waals surface area contributed by atoms with Crippen molar-refractivity contribution in [1.82, 2.24) is 39.2 Å². The van der Waals surface area contributed by atoms with E-state index in [1.165, 1.54) is 21.6 Å². The van der Waals surface area contributed by atoms with Gasteiger partial charge < -0.3 is 14.2 Å². The molecule has 1 saturated carbocycles. The summed E-state index contributed by atoms with van der Waals surface area (Å²) < 4.78 is 47.4. The molecule has 3 aromatic carbocycles. The molecule has 1 N–H and O–H groups in total. The van der Waals surface area contributed by atoms with E-state index in [-0.39, 0.29) is 53.2 Å². The smallest absolute Gasteiger partial charge is 0.376 e. The fraction of sp³-hybridized carbons (Fsp3) is 0.396. The van der Waals surface area contributed by atoms with Crippen LogP contribution in [0.4, 0.5) is 25.1 Å². The molecule has 4 atom stereocenters. The van der Waals surface area contributed by atoms with Gasteiger partial charge in [-0.05, 0) is 125 Å². The van der Waals surface area contributed by atoms with Gasteiger partial charge >= 0.3 is 11.8 Å². The molecule has 4 aliphatic rings. The van der Waals surface area contributed by atoms with E-state index in [4.69, 9.17) is 14.4 Å². The summed E-state index contributed by atoms with van der Waals surface area (Å²) in [5.74, 6) is -2.17. The highest BCUT2D eigenvalue weighted by Crippen LogP contribution is 2.56. The number of carbonyl (C=O) groups excluding carboxylic acids is 3. The van der Waals surface area contributed by atoms with Crippen LogP contribution >= 0.6 is 0 Å². The first-order chi connectivity index (χ1) is 31.5. The van der Waals surface area contributed by atoms with Crippen molar-refractivity contribution in [1.29, 1.82) is 0 Å². The first-order valence-corrected chi connectivity index (χ1v) is 22.3. The van der Waals surface area contributed by atoms with E-state index in [0.717, 1.165) is 39.1 Å². The van der Waals surface area contributed by atoms with Crippen molar-refractivity contribution in [3.8, 4) is 5.69 Å². The molecule has 0 bridgehead atoms. The number of fused-ring (bicyclic) bond motifs is 3. The number of imide groups is 1. The molecule has 0 unspecified atom stereocenters. The van der Waals surface area contributed by atoms with Gasteiger partial charge in [-0.1, -0.05) is 18.1 Å². The molecular weight excluding hydrogens is 851 g/mol. The number of rotatable bonds is 7. The monoisotopic (exact) mass is 898 g/mol. The van der Waals surface area contributed by atoms with Crippen molar-refractivity contribution in [2.75, 3.05) is 29.5 Å². The number of H-pyrrole nitrogens is 1. The number of carbonyl (C=O) groups is 3. The first-order valence-electron chi connectivity index (χ1n) is 22.3. The van der Waals surface area contributed by atoms with Crippen LogP contribution in [0.5, 0.6) is 0 Å². The normalized spacial score (nSPS) is 22.9. The number of halogens is 2. The van der Waals surface area contributed by atoms with Gasteiger partial charge in [0, 0.05) is 43.1 Å². The van der Waals surface area contributed by atoms with Gasteiger partial charge in [0.15, 0.2) is 17.5 Å². The number of anilines is 2. The number of benzene rings is 3. The molecule has 3 fully saturated rings. The zero-order chi connectivity index (χ0) is 46.3. The van der Waals surface area contributed by atoms with Gasteiger partial charge in [0.25, 0.3) is 11.8 Å². The highest BCUT2D eigenvalue weighted by atomic mass is 19.1. The predicted molar refractivity (Wildman–Crippen MR) is 239 cm³/mol. The Morgan fingerprint density at radius 1 is 0.955 bits per heavy atom. The number of aromatic amines is 1. The van der Waals surface area contributed by atoms with Crippen LogP contribution in [-0.4, -0.2) is 82.3 Å². The van der Waals surface area contributed by atoms with Gasteiger partial charge in [-0.2, -0.15) is 10.2 Å². The lowest BCUT2D eigenvalue weighted by Gasteiger charge is -2.35. The third-order valence-corrected chi connectivity index (χ3v) is 14.4. The average Bonchev–Trinajstić information content (AvgIpc) is 3.87. The number of hydrogen-bond donors (Lipinski definition) is 1. The molecule has 1 aliphatic carbocycles. The molecule has 66 heavy (non-hydrogen) atoms. The molecule has 16 nitrogen and oxygen atoms in total. The maximum absolute atomic E-state index is 16.2. The summed E-state index contributed by atoms with van der Waals surface area (Å²) in [5, 5.41) is 14.3. The van der Waals surface area contributed by atoms with E-state index < -0.39 is 47.5 Å². The fourth-order valence-corrected chi connectivity index (χ4v) is 11.0. The lowest BCUT2D eigenvalue weighted by molar-refractivity contribution is -0.115. The topological polar surface area (TPSA) is 170 Å². The van der Waals surface area contributed by atoms with Gasteiger partial charge in [-0.25, -0.2) is 28.0 Å². The Labute approximate surface area is 376 Å². The van der Waals surface area contributed by atoms with Gasteiger partial charge in [0.2, 0.25) is 0 Å². The van der Waals surface area contributed by atoms with Crippen molar-refractivity contribution in [2.45, 2.75) is 90.3 Å². The third kappa shape index (κ3) is 6.13. The van der Waals surface area contributed by atoms with Gasteiger partial charge in [-0.3, -0.25) is 28.7 Å². The molecular formula is C48H48F2N10O6. The van der Waals surface area contributed by atoms with Gasteiger partial charge in [0.05, 0.1) is 45.8 Å². The number of urea groups is 1. The number of hydrogen-bond acceptors (Lipinski definition) is 9. The summed E-state index contributed by atoms with van der Waals surface area (Å²) in [6.45, 7) is 11.7. The number of aryl methyl sites for hydroxylation is 3. The van der Waals surface area contributed by atoms with Crippen LogP contribution in [-0.2, 0) is 28.5 Å². The average molecular weight is 899 g/mol. The SMILES string of the molecule is Cc1cc(-n2nc3c(c2N2C(=O)CN(c4ccc5c(cnn5C)c4F)C2=O)[C@H](C)N(C(=O)c2cc4cc([C@H]5CCOC(C)(C)C5)ccc4n2[C@@]2(c4noc(=O)[nH]4)C[C@@H]2C)CC3)cc(C)c1F. The van der Waals surface area contributed by atoms with Crippen LogP contribution in [0.1, 0.15) is 103 Å². The van der Waals surface area contributed by atoms with E-state index in [2.05, 4.69) is 41.2 Å². The van der Waals surface area contributed by atoms with Crippen LogP contribution in [0.25, 0.3) is 27.5 Å². The zero-order valence-electron chi connectivity index (χ0n) is 37.6. The van der Waals surface area contributed by atoms with E-state index in [9.17, 15) is 14.4 Å². The van der Waals surface area contributed by atoms with E-state index >= 15 is 13.6 Å². The number of ether oxygens (including phenoxy) is 1. The zero-order valence-corrected chi connectivity index (χ0v) is 37.6. The maximum Gasteiger partial charge on any atom is 0.438 e. The van der Waals surface area contributed by atoms with E-state index in [1.807, 2.05) is 30.5 Å². The Hall–Kier alpha value is -6.95. The van der Waals surface area contributed by atoms with Crippen molar-refractivity contribution < 1.29 is 32.4 Å². The molecule has 2 saturated heterocycles. The maximum atomic E-state index is 16.2. The largest absolute Gasteiger partial charge is 0.438 e. The summed E-state index contributed by atoms with van der Waals surface area (Å²) in [6.07, 6.45) is 3.89. The number of nitrogens with one attached hydrogen (secondary N) is 1. The van der Waals surface area contributed by atoms with Gasteiger partial charge in [0.1, 0.15) is 23.6 Å². The lowest BCUT2D eigenvalue weighted by atomic mass is 9.83. The number of aromatic nitrogens is 7. The second-order valence-corrected chi connectivity index (χ2v) is 19.1. The minimum Gasteiger partial charge on any atom is -0.376 e. The molecule has 11 rings (SSSR count). The standard InChI is InChI=1S/C48H48F2N10O6/c1-24-16-31(17-25(2)40(24)49)60-42(58-38(61)23-57(46(58)64)36-11-10-35-32(41(36)50)22-51-55(35)7)39-27(4)56(14-12-33(39)53-60)43(62)37-19-30-18-28(29-13-15-65-47(5,6)21-29)8-9-34(30)59(37)48(20-26(48)3)44-52-45(63)66-54-44/h8-11,16-19,22,26-27,29H,12-15,20-21,23H2,1-7H3,(H,52,54,63)/t26-,27-,29-,48-/m0/s1. The first kappa shape index (κ1) is 41.7. The molecule has 0 radical (unpaired) electrons. The second-order valence-electron chi connectivity index (χ2n) is 19.1. The highest BCUT2D eigenvalue weighted by molar-refractivity contribution is 6.27. The van der Waals surface area contributed by atoms with Gasteiger partial charge in [-0.15, -0.1) is 0 Å². The highest BCUT2D eigenvalue weighted by Gasteiger charge is 2.59. The summed E-state index contributed by atoms with van der Waals surface area (Å²) in [7, 11) is 1.68. The molecule has 7 heterocycles. The van der Waals surface area contributed by atoms with Crippen LogP contribution < -0.4 is 15.6 Å². The van der Waals surface area contributed by atoms with Crippen LogP contribution in [0.15, 0.2) is 64.0 Å². The summed E-state index contributed by atoms with van der Waals surface area (Å²) >= 11 is 0. The third-order valence-electron chi connectivity index (χ3n) is 14.4. The Kier molecular flexibility index (Phi) is 9.18. The minimum atomic E-state index is -0.897. The molecule has 7 aromatic rings. The van der Waals surface area contributed by atoms with Crippen molar-refractivity contribution in [2.24, 2.45) is 13.0 Å². The Morgan fingerprint density at radius 2 is 1.70 bits per heavy atom. The second kappa shape index (κ2) is 14.5. The van der Waals surface area contributed by atoms with Crippen LogP contribution in [0.3, 0.4) is 0 Å². The molecule has 0 spiro atoms. The molecule has 18 heteroatoms. The Balaban J connectivity index is 1.04. The number of nitrogens with zero attached hydrogens (tertiary/aromatic N) is 9. The molecule has 4 aromatic heterocycles. The Morgan fingerprint density at radius 3 is 2.39 bits per heavy atom. The van der Waals surface area contributed by atoms with E-state index in [0.29, 0.717) is 58.1 Å². The minimum absolute atomic E-state index is 0.0342. The Bertz CT molecular complexity index is 3260. The van der Waals surface area contributed by atoms with Crippen molar-refractivity contribution >= 4 is 51.2 Å². The molecule has 4 amide bonds. The molecule has 3 aliphatic heterocycles. The van der Waals surface area contributed by atoms with E-state index in [1.54, 1.807) is 44.0 Å². The summed E-state index contributed by atoms with van der Waals surface area (Å²) in [6, 6.07) is 12.9. The van der Waals surface area contributed by atoms with Crippen LogP contribution in [0.2, 0.25) is 0 Å². The summed E-state index contributed by atoms with van der Waals surface area (Å²) in [5.41, 5.74) is 3.56.